The summed E-state index contributed by atoms with van der Waals surface area (Å²) < 4.78 is 9.50. The summed E-state index contributed by atoms with van der Waals surface area (Å²) in [7, 11) is 1.35. The van der Waals surface area contributed by atoms with E-state index in [1.54, 1.807) is 19.1 Å². The van der Waals surface area contributed by atoms with Gasteiger partial charge >= 0.3 is 5.97 Å². The molecule has 0 aliphatic heterocycles. The molecule has 0 saturated heterocycles. The van der Waals surface area contributed by atoms with Crippen LogP contribution in [0, 0.1) is 0 Å². The molecular formula is C8H12ClNO3. The van der Waals surface area contributed by atoms with E-state index in [1.807, 2.05) is 0 Å². The number of ether oxygens (including phenoxy) is 1. The summed E-state index contributed by atoms with van der Waals surface area (Å²) in [6.45, 7) is 1.70. The second-order valence-corrected chi connectivity index (χ2v) is 2.37. The predicted octanol–water partition coefficient (Wildman–Crippen LogP) is 1.67. The van der Waals surface area contributed by atoms with Crippen molar-refractivity contribution < 1.29 is 13.9 Å². The second kappa shape index (κ2) is 5.48. The maximum atomic E-state index is 10.9. The molecule has 0 aliphatic carbocycles. The van der Waals surface area contributed by atoms with Crippen molar-refractivity contribution in [3.05, 3.63) is 18.4 Å². The van der Waals surface area contributed by atoms with Crippen LogP contribution in [0.1, 0.15) is 6.92 Å². The molecule has 0 aliphatic rings. The number of carbonyl (C=O) groups is 1. The number of rotatable bonds is 3. The minimum Gasteiger partial charge on any atom is -0.467 e. The van der Waals surface area contributed by atoms with E-state index in [0.29, 0.717) is 5.88 Å². The lowest BCUT2D eigenvalue weighted by Crippen LogP contribution is -2.26. The highest BCUT2D eigenvalue weighted by Gasteiger charge is 2.12. The number of methoxy groups -OCH3 is 1. The number of anilines is 1. The molecule has 1 aromatic heterocycles. The Kier molecular flexibility index (Phi) is 4.99. The van der Waals surface area contributed by atoms with E-state index in [-0.39, 0.29) is 24.4 Å². The Bertz CT molecular complexity index is 248. The number of carbonyl (C=O) groups excluding carboxylic acids is 1. The lowest BCUT2D eigenvalue weighted by Gasteiger charge is -2.09. The molecule has 5 heteroatoms. The molecule has 1 atom stereocenters. The van der Waals surface area contributed by atoms with Crippen LogP contribution in [0.4, 0.5) is 5.88 Å². The van der Waals surface area contributed by atoms with Crippen molar-refractivity contribution in [1.29, 1.82) is 0 Å². The summed E-state index contributed by atoms with van der Waals surface area (Å²) in [5, 5.41) is 2.83. The molecular weight excluding hydrogens is 194 g/mol. The molecule has 0 fully saturated rings. The Balaban J connectivity index is 0.00000144. The van der Waals surface area contributed by atoms with Crippen molar-refractivity contribution in [3.8, 4) is 0 Å². The van der Waals surface area contributed by atoms with Crippen LogP contribution in [0.2, 0.25) is 0 Å². The normalized spacial score (nSPS) is 11.2. The van der Waals surface area contributed by atoms with Gasteiger partial charge in [-0.15, -0.1) is 12.4 Å². The van der Waals surface area contributed by atoms with E-state index in [4.69, 9.17) is 4.42 Å². The third-order valence-electron chi connectivity index (χ3n) is 1.43. The Hall–Kier alpha value is -1.16. The van der Waals surface area contributed by atoms with Gasteiger partial charge in [-0.05, 0) is 13.0 Å². The summed E-state index contributed by atoms with van der Waals surface area (Å²) in [4.78, 5) is 10.9. The van der Waals surface area contributed by atoms with Crippen molar-refractivity contribution in [2.45, 2.75) is 13.0 Å². The number of esters is 1. The van der Waals surface area contributed by atoms with Crippen LogP contribution >= 0.6 is 12.4 Å². The average Bonchev–Trinajstić information content (AvgIpc) is 2.55. The minimum absolute atomic E-state index is 0. The van der Waals surface area contributed by atoms with Crippen LogP contribution in [0.5, 0.6) is 0 Å². The highest BCUT2D eigenvalue weighted by Crippen LogP contribution is 2.08. The summed E-state index contributed by atoms with van der Waals surface area (Å²) >= 11 is 0. The quantitative estimate of drug-likeness (QED) is 0.763. The third kappa shape index (κ3) is 3.38. The van der Waals surface area contributed by atoms with E-state index < -0.39 is 0 Å². The standard InChI is InChI=1S/C8H11NO3.ClH/c1-6(8(10)11-2)9-7-4-3-5-12-7;/h3-6,9H,1-2H3;1H. The van der Waals surface area contributed by atoms with Gasteiger partial charge in [-0.25, -0.2) is 4.79 Å². The van der Waals surface area contributed by atoms with Crippen molar-refractivity contribution in [3.63, 3.8) is 0 Å². The predicted molar refractivity (Wildman–Crippen MR) is 51.1 cm³/mol. The van der Waals surface area contributed by atoms with Gasteiger partial charge in [-0.3, -0.25) is 0 Å². The van der Waals surface area contributed by atoms with Crippen LogP contribution in [-0.4, -0.2) is 19.1 Å². The van der Waals surface area contributed by atoms with Crippen molar-refractivity contribution in [2.24, 2.45) is 0 Å². The number of halogens is 1. The molecule has 0 spiro atoms. The largest absolute Gasteiger partial charge is 0.467 e. The molecule has 74 valence electrons. The Morgan fingerprint density at radius 2 is 2.38 bits per heavy atom. The van der Waals surface area contributed by atoms with E-state index in [2.05, 4.69) is 10.1 Å². The molecule has 1 rings (SSSR count). The van der Waals surface area contributed by atoms with Crippen LogP contribution in [-0.2, 0) is 9.53 Å². The van der Waals surface area contributed by atoms with Gasteiger partial charge in [0.2, 0.25) is 0 Å². The van der Waals surface area contributed by atoms with Gasteiger partial charge in [0, 0.05) is 6.07 Å². The fourth-order valence-electron chi connectivity index (χ4n) is 0.810. The van der Waals surface area contributed by atoms with Crippen molar-refractivity contribution in [2.75, 3.05) is 12.4 Å². The Morgan fingerprint density at radius 1 is 1.69 bits per heavy atom. The summed E-state index contributed by atoms with van der Waals surface area (Å²) in [6, 6.07) is 3.09. The summed E-state index contributed by atoms with van der Waals surface area (Å²) in [5.41, 5.74) is 0. The maximum absolute atomic E-state index is 10.9. The molecule has 1 unspecified atom stereocenters. The van der Waals surface area contributed by atoms with Crippen molar-refractivity contribution in [1.82, 2.24) is 0 Å². The topological polar surface area (TPSA) is 51.5 Å². The molecule has 0 saturated carbocycles. The van der Waals surface area contributed by atoms with E-state index in [9.17, 15) is 4.79 Å². The lowest BCUT2D eigenvalue weighted by atomic mass is 10.3. The van der Waals surface area contributed by atoms with Crippen molar-refractivity contribution >= 4 is 24.3 Å². The van der Waals surface area contributed by atoms with Crippen LogP contribution in [0.15, 0.2) is 22.8 Å². The zero-order valence-corrected chi connectivity index (χ0v) is 8.26. The van der Waals surface area contributed by atoms with Gasteiger partial charge < -0.3 is 14.5 Å². The zero-order chi connectivity index (χ0) is 8.97. The van der Waals surface area contributed by atoms with Crippen LogP contribution in [0.25, 0.3) is 0 Å². The van der Waals surface area contributed by atoms with E-state index in [1.165, 1.54) is 13.4 Å². The number of hydrogen-bond acceptors (Lipinski definition) is 4. The van der Waals surface area contributed by atoms with Gasteiger partial charge in [0.1, 0.15) is 6.04 Å². The molecule has 0 amide bonds. The van der Waals surface area contributed by atoms with Gasteiger partial charge in [-0.1, -0.05) is 0 Å². The number of furan rings is 1. The molecule has 1 heterocycles. The maximum Gasteiger partial charge on any atom is 0.328 e. The highest BCUT2D eigenvalue weighted by molar-refractivity contribution is 5.85. The smallest absolute Gasteiger partial charge is 0.328 e. The molecule has 0 bridgehead atoms. The number of nitrogens with one attached hydrogen (secondary N) is 1. The minimum atomic E-state index is -0.388. The summed E-state index contributed by atoms with van der Waals surface area (Å²) in [6.07, 6.45) is 1.53. The Labute approximate surface area is 82.7 Å². The first kappa shape index (κ1) is 11.8. The monoisotopic (exact) mass is 205 g/mol. The first-order valence-electron chi connectivity index (χ1n) is 3.62. The van der Waals surface area contributed by atoms with E-state index >= 15 is 0 Å². The molecule has 4 nitrogen and oxygen atoms in total. The fraction of sp³-hybridized carbons (Fsp3) is 0.375. The Morgan fingerprint density at radius 3 is 2.85 bits per heavy atom. The zero-order valence-electron chi connectivity index (χ0n) is 7.44. The molecule has 13 heavy (non-hydrogen) atoms. The first-order chi connectivity index (χ1) is 5.74. The first-order valence-corrected chi connectivity index (χ1v) is 3.62. The third-order valence-corrected chi connectivity index (χ3v) is 1.43. The lowest BCUT2D eigenvalue weighted by molar-refractivity contribution is -0.141. The fourth-order valence-corrected chi connectivity index (χ4v) is 0.810. The van der Waals surface area contributed by atoms with Gasteiger partial charge in [-0.2, -0.15) is 0 Å². The van der Waals surface area contributed by atoms with Crippen LogP contribution < -0.4 is 5.32 Å². The van der Waals surface area contributed by atoms with Crippen LogP contribution in [0.3, 0.4) is 0 Å². The summed E-state index contributed by atoms with van der Waals surface area (Å²) in [5.74, 6) is 0.249. The highest BCUT2D eigenvalue weighted by atomic mass is 35.5. The second-order valence-electron chi connectivity index (χ2n) is 2.37. The van der Waals surface area contributed by atoms with Gasteiger partial charge in [0.05, 0.1) is 13.4 Å². The number of hydrogen-bond donors (Lipinski definition) is 1. The molecule has 0 radical (unpaired) electrons. The molecule has 0 aromatic carbocycles. The van der Waals surface area contributed by atoms with Gasteiger partial charge in [0.15, 0.2) is 5.88 Å². The molecule has 1 N–H and O–H groups in total. The average molecular weight is 206 g/mol. The van der Waals surface area contributed by atoms with Gasteiger partial charge in [0.25, 0.3) is 0 Å². The van der Waals surface area contributed by atoms with E-state index in [0.717, 1.165) is 0 Å². The SMILES string of the molecule is COC(=O)C(C)Nc1ccco1.Cl. The molecule has 1 aromatic rings.